The molecule has 1 aliphatic rings. The van der Waals surface area contributed by atoms with Crippen molar-refractivity contribution in [2.75, 3.05) is 39.3 Å². The Labute approximate surface area is 117 Å². The third-order valence-corrected chi connectivity index (χ3v) is 2.90. The highest BCUT2D eigenvalue weighted by atomic mass is 16.2. The van der Waals surface area contributed by atoms with Crippen molar-refractivity contribution in [1.82, 2.24) is 9.80 Å². The van der Waals surface area contributed by atoms with Gasteiger partial charge < -0.3 is 10.6 Å². The van der Waals surface area contributed by atoms with Gasteiger partial charge in [-0.3, -0.25) is 9.69 Å². The summed E-state index contributed by atoms with van der Waals surface area (Å²) in [6, 6.07) is 0. The van der Waals surface area contributed by atoms with Crippen LogP contribution in [0.5, 0.6) is 0 Å². The molecule has 0 aromatic heterocycles. The van der Waals surface area contributed by atoms with Gasteiger partial charge in [0, 0.05) is 32.7 Å². The number of hydrogen-bond donors (Lipinski definition) is 1. The Balaban J connectivity index is 0.00000154. The molecule has 0 aromatic carbocycles. The lowest BCUT2D eigenvalue weighted by Gasteiger charge is -2.34. The summed E-state index contributed by atoms with van der Waals surface area (Å²) in [5.41, 5.74) is 6.49. The lowest BCUT2D eigenvalue weighted by Crippen LogP contribution is -2.50. The minimum atomic E-state index is 0.0372. The quantitative estimate of drug-likeness (QED) is 0.765. The third-order valence-electron chi connectivity index (χ3n) is 2.90. The van der Waals surface area contributed by atoms with Crippen LogP contribution in [-0.4, -0.2) is 55.0 Å². The van der Waals surface area contributed by atoms with E-state index in [1.807, 2.05) is 30.9 Å². The second kappa shape index (κ2) is 10.5. The standard InChI is InChI=1S/C13H21N3O.C2H6/c1-3-5-12(4-2)11-15-6-8-16(9-7-15)13(17)10-14;1-2/h3-5H,1-2,6-11,14H2;1-2H3/b12-5+;. The molecule has 108 valence electrons. The Hall–Kier alpha value is -1.39. The molecule has 1 heterocycles. The zero-order chi connectivity index (χ0) is 14.7. The van der Waals surface area contributed by atoms with E-state index in [4.69, 9.17) is 5.73 Å². The fourth-order valence-corrected chi connectivity index (χ4v) is 1.88. The number of amides is 1. The average Bonchev–Trinajstić information content (AvgIpc) is 2.48. The van der Waals surface area contributed by atoms with Crippen molar-refractivity contribution in [1.29, 1.82) is 0 Å². The Morgan fingerprint density at radius 2 is 1.79 bits per heavy atom. The van der Waals surface area contributed by atoms with Gasteiger partial charge in [0.2, 0.25) is 5.91 Å². The highest BCUT2D eigenvalue weighted by Gasteiger charge is 2.19. The van der Waals surface area contributed by atoms with Crippen LogP contribution in [0.4, 0.5) is 0 Å². The first-order valence-corrected chi connectivity index (χ1v) is 6.85. The van der Waals surface area contributed by atoms with Crippen LogP contribution >= 0.6 is 0 Å². The third kappa shape index (κ3) is 6.36. The van der Waals surface area contributed by atoms with Crippen LogP contribution in [0, 0.1) is 0 Å². The lowest BCUT2D eigenvalue weighted by molar-refractivity contribution is -0.131. The minimum absolute atomic E-state index is 0.0372. The maximum atomic E-state index is 11.4. The molecule has 1 rings (SSSR count). The summed E-state index contributed by atoms with van der Waals surface area (Å²) in [5.74, 6) is 0.0372. The molecular weight excluding hydrogens is 238 g/mol. The second-order valence-corrected chi connectivity index (χ2v) is 4.04. The predicted octanol–water partition coefficient (Wildman–Crippen LogP) is 1.41. The molecule has 19 heavy (non-hydrogen) atoms. The van der Waals surface area contributed by atoms with Gasteiger partial charge in [0.05, 0.1) is 6.54 Å². The fraction of sp³-hybridized carbons (Fsp3) is 0.533. The molecule has 4 heteroatoms. The summed E-state index contributed by atoms with van der Waals surface area (Å²) in [6.07, 6.45) is 5.58. The Morgan fingerprint density at radius 3 is 2.21 bits per heavy atom. The van der Waals surface area contributed by atoms with E-state index in [1.54, 1.807) is 6.08 Å². The second-order valence-electron chi connectivity index (χ2n) is 4.04. The molecule has 1 amide bonds. The molecular formula is C15H27N3O. The van der Waals surface area contributed by atoms with Crippen molar-refractivity contribution in [2.45, 2.75) is 13.8 Å². The molecule has 0 aromatic rings. The van der Waals surface area contributed by atoms with Gasteiger partial charge in [-0.15, -0.1) is 0 Å². The predicted molar refractivity (Wildman–Crippen MR) is 81.9 cm³/mol. The summed E-state index contributed by atoms with van der Waals surface area (Å²) >= 11 is 0. The molecule has 1 saturated heterocycles. The van der Waals surface area contributed by atoms with Gasteiger partial charge in [-0.2, -0.15) is 0 Å². The van der Waals surface area contributed by atoms with E-state index in [1.165, 1.54) is 0 Å². The van der Waals surface area contributed by atoms with E-state index in [0.717, 1.165) is 38.3 Å². The lowest BCUT2D eigenvalue weighted by atomic mass is 10.2. The van der Waals surface area contributed by atoms with E-state index < -0.39 is 0 Å². The maximum Gasteiger partial charge on any atom is 0.236 e. The van der Waals surface area contributed by atoms with Crippen molar-refractivity contribution in [3.63, 3.8) is 0 Å². The van der Waals surface area contributed by atoms with Crippen molar-refractivity contribution in [3.8, 4) is 0 Å². The first-order chi connectivity index (χ1) is 9.21. The van der Waals surface area contributed by atoms with Crippen molar-refractivity contribution in [3.05, 3.63) is 37.0 Å². The number of piperazine rings is 1. The highest BCUT2D eigenvalue weighted by molar-refractivity contribution is 5.78. The molecule has 0 radical (unpaired) electrons. The van der Waals surface area contributed by atoms with Crippen LogP contribution in [0.25, 0.3) is 0 Å². The summed E-state index contributed by atoms with van der Waals surface area (Å²) in [4.78, 5) is 15.5. The number of hydrogen-bond acceptors (Lipinski definition) is 3. The average molecular weight is 265 g/mol. The fourth-order valence-electron chi connectivity index (χ4n) is 1.88. The van der Waals surface area contributed by atoms with Gasteiger partial charge in [-0.25, -0.2) is 0 Å². The molecule has 0 spiro atoms. The normalized spacial score (nSPS) is 16.4. The number of allylic oxidation sites excluding steroid dienone is 2. The number of nitrogens with zero attached hydrogens (tertiary/aromatic N) is 2. The van der Waals surface area contributed by atoms with Crippen LogP contribution in [-0.2, 0) is 4.79 Å². The van der Waals surface area contributed by atoms with Gasteiger partial charge >= 0.3 is 0 Å². The van der Waals surface area contributed by atoms with Crippen LogP contribution in [0.3, 0.4) is 0 Å². The molecule has 0 saturated carbocycles. The van der Waals surface area contributed by atoms with Gasteiger partial charge in [0.15, 0.2) is 0 Å². The minimum Gasteiger partial charge on any atom is -0.339 e. The largest absolute Gasteiger partial charge is 0.339 e. The molecule has 0 atom stereocenters. The number of rotatable bonds is 5. The van der Waals surface area contributed by atoms with Crippen LogP contribution in [0.2, 0.25) is 0 Å². The highest BCUT2D eigenvalue weighted by Crippen LogP contribution is 2.06. The summed E-state index contributed by atoms with van der Waals surface area (Å²) in [7, 11) is 0. The van der Waals surface area contributed by atoms with E-state index in [9.17, 15) is 4.79 Å². The zero-order valence-corrected chi connectivity index (χ0v) is 12.3. The molecule has 0 bridgehead atoms. The van der Waals surface area contributed by atoms with Crippen LogP contribution < -0.4 is 5.73 Å². The molecule has 0 aliphatic carbocycles. The Bertz CT molecular complexity index is 315. The summed E-state index contributed by atoms with van der Waals surface area (Å²) in [6.45, 7) is 15.7. The smallest absolute Gasteiger partial charge is 0.236 e. The SMILES string of the molecule is C=C/C=C(\C=C)CN1CCN(C(=O)CN)CC1.CC. The number of nitrogens with two attached hydrogens (primary N) is 1. The first kappa shape index (κ1) is 17.6. The maximum absolute atomic E-state index is 11.4. The first-order valence-electron chi connectivity index (χ1n) is 6.85. The molecule has 4 nitrogen and oxygen atoms in total. The monoisotopic (exact) mass is 265 g/mol. The van der Waals surface area contributed by atoms with Gasteiger partial charge in [0.25, 0.3) is 0 Å². The molecule has 1 fully saturated rings. The van der Waals surface area contributed by atoms with Crippen LogP contribution in [0.1, 0.15) is 13.8 Å². The van der Waals surface area contributed by atoms with E-state index >= 15 is 0 Å². The summed E-state index contributed by atoms with van der Waals surface area (Å²) in [5, 5.41) is 0. The van der Waals surface area contributed by atoms with Gasteiger partial charge in [-0.05, 0) is 5.57 Å². The number of carbonyl (C=O) groups is 1. The van der Waals surface area contributed by atoms with Crippen LogP contribution in [0.15, 0.2) is 37.0 Å². The van der Waals surface area contributed by atoms with E-state index in [0.29, 0.717) is 0 Å². The Morgan fingerprint density at radius 1 is 1.21 bits per heavy atom. The summed E-state index contributed by atoms with van der Waals surface area (Å²) < 4.78 is 0. The Kier molecular flexibility index (Phi) is 9.75. The van der Waals surface area contributed by atoms with Crippen molar-refractivity contribution in [2.24, 2.45) is 5.73 Å². The topological polar surface area (TPSA) is 49.6 Å². The molecule has 2 N–H and O–H groups in total. The van der Waals surface area contributed by atoms with E-state index in [2.05, 4.69) is 18.1 Å². The zero-order valence-electron chi connectivity index (χ0n) is 12.3. The van der Waals surface area contributed by atoms with Gasteiger partial charge in [0.1, 0.15) is 0 Å². The molecule has 1 aliphatic heterocycles. The van der Waals surface area contributed by atoms with Crippen molar-refractivity contribution >= 4 is 5.91 Å². The van der Waals surface area contributed by atoms with E-state index in [-0.39, 0.29) is 12.5 Å². The molecule has 0 unspecified atom stereocenters. The number of carbonyl (C=O) groups excluding carboxylic acids is 1. The van der Waals surface area contributed by atoms with Gasteiger partial charge in [-0.1, -0.05) is 45.2 Å². The van der Waals surface area contributed by atoms with Crippen molar-refractivity contribution < 1.29 is 4.79 Å².